The smallest absolute Gasteiger partial charge is 0.340 e. The molecular weight excluding hydrogens is 935 g/mol. The highest BCUT2D eigenvalue weighted by atomic mass is 19.2. The van der Waals surface area contributed by atoms with E-state index >= 15 is 43.9 Å². The third-order valence-electron chi connectivity index (χ3n) is 10.6. The highest BCUT2D eigenvalue weighted by Gasteiger charge is 2.50. The van der Waals surface area contributed by atoms with E-state index in [1.54, 1.807) is 0 Å². The van der Waals surface area contributed by atoms with Crippen LogP contribution in [0.25, 0.3) is 16.6 Å². The second kappa shape index (κ2) is 14.7. The van der Waals surface area contributed by atoms with Gasteiger partial charge in [-0.1, -0.05) is 12.1 Å². The minimum Gasteiger partial charge on any atom is -0.462 e. The molecule has 8 bridgehead atoms. The lowest BCUT2D eigenvalue weighted by Crippen LogP contribution is -2.43. The summed E-state index contributed by atoms with van der Waals surface area (Å²) in [5.74, 6) is -47.0. The number of halogens is 15. The van der Waals surface area contributed by atoms with Gasteiger partial charge >= 0.3 is 5.97 Å². The number of benzene rings is 4. The zero-order valence-electron chi connectivity index (χ0n) is 32.3. The molecule has 1 atom stereocenters. The first-order valence-electron chi connectivity index (χ1n) is 18.6. The fourth-order valence-electron chi connectivity index (χ4n) is 7.71. The number of amidine groups is 4. The Hall–Kier alpha value is -8.19. The van der Waals surface area contributed by atoms with E-state index in [1.165, 1.54) is 19.1 Å². The van der Waals surface area contributed by atoms with Crippen LogP contribution in [-0.4, -0.2) is 45.9 Å². The normalized spacial score (nSPS) is 19.1. The van der Waals surface area contributed by atoms with E-state index in [4.69, 9.17) is 4.74 Å². The molecule has 0 fully saturated rings. The number of allylic oxidation sites excluding steroid dienone is 1. The van der Waals surface area contributed by atoms with E-state index in [0.29, 0.717) is 0 Å². The lowest BCUT2D eigenvalue weighted by atomic mass is 9.96. The lowest BCUT2D eigenvalue weighted by molar-refractivity contribution is 0.0527. The third kappa shape index (κ3) is 5.89. The van der Waals surface area contributed by atoms with Crippen molar-refractivity contribution in [3.63, 3.8) is 0 Å². The Morgan fingerprint density at radius 3 is 1.87 bits per heavy atom. The standard InChI is InChI=1S/C41H14F15N9O2/c1-2-67-40(66)8-5-3-4-6-11(8)65-41(56)18-17(25(49)30(54)31(41)55)38-58-32-9-7-10(42)19(43)20(44)12(9)33(57-32)59-34-13-14(22(46)27(51)26(50)21(13)45)35(60-34)61-36-15-16(37(62-36)63-39(18)64-38)24(48)29(53)28(52)23(15)47/h3-7,60,65H,2H2,1H3,(H,61,62,63)(H,57,58,59,64). The minimum absolute atomic E-state index is 0.226. The molecule has 4 aliphatic rings. The number of para-hydroxylation sites is 1. The van der Waals surface area contributed by atoms with E-state index in [9.17, 15) is 26.7 Å². The minimum atomic E-state index is -4.27. The van der Waals surface area contributed by atoms with E-state index < -0.39 is 195 Å². The average molecular weight is 950 g/mol. The highest BCUT2D eigenvalue weighted by Crippen LogP contribution is 2.46. The number of nitrogens with one attached hydrogen (secondary N) is 4. The third-order valence-corrected chi connectivity index (χ3v) is 10.6. The average Bonchev–Trinajstić information content (AvgIpc) is 4.05. The van der Waals surface area contributed by atoms with Crippen LogP contribution >= 0.6 is 0 Å². The number of H-pyrrole nitrogens is 2. The maximum Gasteiger partial charge on any atom is 0.340 e. The first kappa shape index (κ1) is 42.7. The maximum atomic E-state index is 17.9. The van der Waals surface area contributed by atoms with Gasteiger partial charge in [-0.3, -0.25) is 0 Å². The largest absolute Gasteiger partial charge is 0.462 e. The molecule has 4 aromatic carbocycles. The van der Waals surface area contributed by atoms with Crippen molar-refractivity contribution < 1.29 is 75.4 Å². The molecule has 5 heterocycles. The Bertz CT molecular complexity index is 3650. The first-order valence-corrected chi connectivity index (χ1v) is 18.6. The van der Waals surface area contributed by atoms with Crippen molar-refractivity contribution in [1.82, 2.24) is 9.97 Å². The Balaban J connectivity index is 1.36. The number of hydrogen-bond acceptors (Lipinski definition) is 9. The maximum absolute atomic E-state index is 17.9. The molecule has 340 valence electrons. The molecule has 0 saturated carbocycles. The van der Waals surface area contributed by atoms with E-state index in [1.807, 2.05) is 5.32 Å². The number of esters is 1. The number of nitrogens with zero attached hydrogens (tertiary/aromatic N) is 5. The predicted molar refractivity (Wildman–Crippen MR) is 204 cm³/mol. The number of carbonyl (C=O) groups is 1. The van der Waals surface area contributed by atoms with Crippen LogP contribution in [0.3, 0.4) is 0 Å². The molecule has 0 amide bonds. The fraction of sp³-hybridized carbons (Fsp3) is 0.0732. The van der Waals surface area contributed by atoms with Gasteiger partial charge in [0.15, 0.2) is 93.2 Å². The summed E-state index contributed by atoms with van der Waals surface area (Å²) in [6.45, 7) is 1.13. The van der Waals surface area contributed by atoms with Crippen LogP contribution in [0.2, 0.25) is 0 Å². The van der Waals surface area contributed by atoms with Crippen molar-refractivity contribution >= 4 is 69.1 Å². The molecule has 0 spiro atoms. The van der Waals surface area contributed by atoms with Gasteiger partial charge in [0.1, 0.15) is 28.8 Å². The zero-order chi connectivity index (χ0) is 47.9. The molecule has 1 aliphatic carbocycles. The Morgan fingerprint density at radius 2 is 1.22 bits per heavy atom. The van der Waals surface area contributed by atoms with Crippen LogP contribution in [0.4, 0.5) is 89.0 Å². The molecule has 0 saturated heterocycles. The molecule has 67 heavy (non-hydrogen) atoms. The predicted octanol–water partition coefficient (Wildman–Crippen LogP) is 9.10. The fourth-order valence-corrected chi connectivity index (χ4v) is 7.71. The molecule has 3 aliphatic heterocycles. The summed E-state index contributed by atoms with van der Waals surface area (Å²) in [5, 5.41) is -0.236. The van der Waals surface area contributed by atoms with Crippen LogP contribution in [0.5, 0.6) is 0 Å². The number of ether oxygens (including phenoxy) is 1. The van der Waals surface area contributed by atoms with Gasteiger partial charge in [0.2, 0.25) is 5.83 Å². The molecular formula is C41H14F15N9O2. The number of carbonyl (C=O) groups excluding carboxylic acids is 1. The van der Waals surface area contributed by atoms with Gasteiger partial charge in [0, 0.05) is 5.56 Å². The van der Waals surface area contributed by atoms with Gasteiger partial charge in [-0.15, -0.1) is 0 Å². The number of rotatable bonds is 4. The first-order chi connectivity index (χ1) is 31.8. The van der Waals surface area contributed by atoms with Crippen molar-refractivity contribution in [2.75, 3.05) is 17.2 Å². The van der Waals surface area contributed by atoms with E-state index in [0.717, 1.165) is 12.1 Å². The molecule has 2 aromatic heterocycles. The second-order valence-corrected chi connectivity index (χ2v) is 14.3. The van der Waals surface area contributed by atoms with Gasteiger partial charge in [0.25, 0.3) is 5.79 Å². The number of hydrogen-bond donors (Lipinski definition) is 4. The summed E-state index contributed by atoms with van der Waals surface area (Å²) in [5.41, 5.74) is -8.94. The lowest BCUT2D eigenvalue weighted by Gasteiger charge is -2.30. The van der Waals surface area contributed by atoms with Crippen LogP contribution in [0, 0.1) is 64.0 Å². The van der Waals surface area contributed by atoms with Crippen molar-refractivity contribution in [2.24, 2.45) is 25.0 Å². The molecule has 1 unspecified atom stereocenters. The zero-order valence-corrected chi connectivity index (χ0v) is 32.3. The van der Waals surface area contributed by atoms with Crippen LogP contribution in [-0.2, 0) is 10.5 Å². The van der Waals surface area contributed by atoms with Crippen LogP contribution < -0.4 is 21.3 Å². The van der Waals surface area contributed by atoms with Gasteiger partial charge in [-0.2, -0.15) is 0 Å². The number of anilines is 2. The molecule has 11 nitrogen and oxygen atoms in total. The Kier molecular flexibility index (Phi) is 9.35. The highest BCUT2D eigenvalue weighted by molar-refractivity contribution is 6.27. The Labute approximate surface area is 359 Å². The quantitative estimate of drug-likeness (QED) is 0.0460. The van der Waals surface area contributed by atoms with Gasteiger partial charge in [-0.25, -0.2) is 95.6 Å². The van der Waals surface area contributed by atoms with E-state index in [-0.39, 0.29) is 12.7 Å². The number of aromatic amines is 2. The monoisotopic (exact) mass is 949 g/mol. The molecule has 4 N–H and O–H groups in total. The summed E-state index contributed by atoms with van der Waals surface area (Å²) in [7, 11) is 0. The van der Waals surface area contributed by atoms with Crippen molar-refractivity contribution in [2.45, 2.75) is 12.7 Å². The SMILES string of the molecule is CCOC(=O)c1ccccc1NC1(F)C(F)=C(F)C(F)=c2c1c1[nH]/c2=N\C2=NC(=N\c3[nH]c(c4c(F)c(F)c(F)c(F)c34)/N=C3\N=C(N1)c1c(F)c(F)c(F)c(F)c13)/c1c2cc(F)c(F)c1F. The summed E-state index contributed by atoms with van der Waals surface area (Å²) < 4.78 is 240. The number of aliphatic imine (C=N–C) groups is 4. The van der Waals surface area contributed by atoms with E-state index in [2.05, 4.69) is 40.2 Å². The summed E-state index contributed by atoms with van der Waals surface area (Å²) in [6.07, 6.45) is 0. The topological polar surface area (TPSA) is 144 Å². The second-order valence-electron chi connectivity index (χ2n) is 14.3. The molecule has 0 radical (unpaired) electrons. The van der Waals surface area contributed by atoms with Gasteiger partial charge < -0.3 is 25.3 Å². The summed E-state index contributed by atoms with van der Waals surface area (Å²) in [4.78, 5) is 36.1. The summed E-state index contributed by atoms with van der Waals surface area (Å²) in [6, 6.07) is 4.62. The van der Waals surface area contributed by atoms with Gasteiger partial charge in [-0.05, 0) is 25.1 Å². The van der Waals surface area contributed by atoms with Crippen LogP contribution in [0.15, 0.2) is 66.9 Å². The molecule has 10 rings (SSSR count). The van der Waals surface area contributed by atoms with Crippen molar-refractivity contribution in [1.29, 1.82) is 0 Å². The number of fused-ring (bicyclic) bond motifs is 18. The van der Waals surface area contributed by atoms with Crippen molar-refractivity contribution in [3.8, 4) is 0 Å². The van der Waals surface area contributed by atoms with Crippen molar-refractivity contribution in [3.05, 3.63) is 150 Å². The van der Waals surface area contributed by atoms with Crippen LogP contribution in [0.1, 0.15) is 45.1 Å². The van der Waals surface area contributed by atoms with Gasteiger partial charge in [0.05, 0.1) is 56.1 Å². The molecule has 26 heteroatoms. The molecule has 6 aromatic rings. The number of alkyl halides is 1. The summed E-state index contributed by atoms with van der Waals surface area (Å²) >= 11 is 0. The number of aromatic nitrogens is 2. The Morgan fingerprint density at radius 1 is 0.642 bits per heavy atom.